The minimum Gasteiger partial charge on any atom is -0.372 e. The smallest absolute Gasteiger partial charge is 0.225 e. The molecule has 1 spiro atoms. The van der Waals surface area contributed by atoms with Crippen LogP contribution in [0.2, 0.25) is 0 Å². The molecule has 2 unspecified atom stereocenters. The number of morpholine rings is 1. The van der Waals surface area contributed by atoms with Crippen molar-refractivity contribution in [2.45, 2.75) is 97.5 Å². The first-order chi connectivity index (χ1) is 13.5. The molecule has 2 saturated heterocycles. The summed E-state index contributed by atoms with van der Waals surface area (Å²) >= 11 is 0. The average molecular weight is 395 g/mol. The quantitative estimate of drug-likeness (QED) is 0.456. The number of piperidine rings is 1. The van der Waals surface area contributed by atoms with E-state index in [0.717, 1.165) is 58.0 Å². The van der Waals surface area contributed by atoms with Crippen molar-refractivity contribution in [3.05, 3.63) is 0 Å². The van der Waals surface area contributed by atoms with E-state index in [9.17, 15) is 4.79 Å². The first kappa shape index (κ1) is 23.7. The van der Waals surface area contributed by atoms with E-state index in [0.29, 0.717) is 5.91 Å². The molecule has 2 atom stereocenters. The highest BCUT2D eigenvalue weighted by atomic mass is 16.5. The fraction of sp³-hybridized carbons (Fsp3) is 0.958. The van der Waals surface area contributed by atoms with Gasteiger partial charge in [-0.3, -0.25) is 9.69 Å². The van der Waals surface area contributed by atoms with Gasteiger partial charge in [0, 0.05) is 32.1 Å². The van der Waals surface area contributed by atoms with Crippen LogP contribution in [0.4, 0.5) is 0 Å². The monoisotopic (exact) mass is 394 g/mol. The van der Waals surface area contributed by atoms with Gasteiger partial charge in [-0.15, -0.1) is 0 Å². The molecule has 0 radical (unpaired) electrons. The minimum absolute atomic E-state index is 0.00372. The number of ether oxygens (including phenoxy) is 1. The molecule has 164 valence electrons. The highest BCUT2D eigenvalue weighted by Crippen LogP contribution is 2.31. The van der Waals surface area contributed by atoms with Crippen molar-refractivity contribution in [2.75, 3.05) is 39.3 Å². The number of unbranched alkanes of at least 4 members (excludes halogenated alkanes) is 3. The Kier molecular flexibility index (Phi) is 10.3. The Labute approximate surface area is 174 Å². The highest BCUT2D eigenvalue weighted by Gasteiger charge is 2.40. The lowest BCUT2D eigenvalue weighted by molar-refractivity contribution is -0.153. The second kappa shape index (κ2) is 12.2. The normalized spacial score (nSPS) is 22.4. The first-order valence-electron chi connectivity index (χ1n) is 12.1. The van der Waals surface area contributed by atoms with E-state index in [2.05, 4.69) is 37.5 Å². The number of hydrogen-bond acceptors (Lipinski definition) is 3. The van der Waals surface area contributed by atoms with E-state index >= 15 is 0 Å². The molecule has 4 heteroatoms. The molecule has 2 aliphatic heterocycles. The van der Waals surface area contributed by atoms with Gasteiger partial charge in [0.1, 0.15) is 0 Å². The third-order valence-electron chi connectivity index (χ3n) is 7.07. The zero-order valence-electron chi connectivity index (χ0n) is 19.2. The van der Waals surface area contributed by atoms with Crippen molar-refractivity contribution in [2.24, 2.45) is 11.8 Å². The maximum absolute atomic E-state index is 12.5. The number of amides is 1. The summed E-state index contributed by atoms with van der Waals surface area (Å²) in [7, 11) is 0. The zero-order chi connectivity index (χ0) is 20.4. The Morgan fingerprint density at radius 1 is 1.00 bits per heavy atom. The topological polar surface area (TPSA) is 32.8 Å². The molecule has 1 amide bonds. The SMILES string of the molecule is CCCCCCC(C)CCCN1CCOC2(CCN(C(=O)C(C)CC)CC2)C1. The molecular formula is C24H46N2O2. The van der Waals surface area contributed by atoms with Gasteiger partial charge in [0.15, 0.2) is 0 Å². The maximum Gasteiger partial charge on any atom is 0.225 e. The predicted molar refractivity (Wildman–Crippen MR) is 118 cm³/mol. The van der Waals surface area contributed by atoms with E-state index < -0.39 is 0 Å². The van der Waals surface area contributed by atoms with Crippen LogP contribution in [0.15, 0.2) is 0 Å². The summed E-state index contributed by atoms with van der Waals surface area (Å²) in [5.74, 6) is 1.35. The van der Waals surface area contributed by atoms with Crippen LogP contribution < -0.4 is 0 Å². The summed E-state index contributed by atoms with van der Waals surface area (Å²) < 4.78 is 6.28. The molecule has 4 nitrogen and oxygen atoms in total. The van der Waals surface area contributed by atoms with Crippen LogP contribution in [0.3, 0.4) is 0 Å². The maximum atomic E-state index is 12.5. The number of rotatable bonds is 11. The number of nitrogens with zero attached hydrogens (tertiary/aromatic N) is 2. The fourth-order valence-corrected chi connectivity index (χ4v) is 4.76. The van der Waals surface area contributed by atoms with Crippen molar-refractivity contribution in [3.63, 3.8) is 0 Å². The first-order valence-corrected chi connectivity index (χ1v) is 12.1. The van der Waals surface area contributed by atoms with Crippen molar-refractivity contribution < 1.29 is 9.53 Å². The van der Waals surface area contributed by atoms with E-state index in [1.54, 1.807) is 0 Å². The average Bonchev–Trinajstić information content (AvgIpc) is 2.71. The van der Waals surface area contributed by atoms with E-state index in [-0.39, 0.29) is 11.5 Å². The van der Waals surface area contributed by atoms with Crippen molar-refractivity contribution in [3.8, 4) is 0 Å². The van der Waals surface area contributed by atoms with Gasteiger partial charge in [0.25, 0.3) is 0 Å². The molecule has 0 aliphatic carbocycles. The van der Waals surface area contributed by atoms with Gasteiger partial charge in [-0.05, 0) is 44.6 Å². The van der Waals surface area contributed by atoms with Crippen molar-refractivity contribution in [1.82, 2.24) is 9.80 Å². The molecule has 0 saturated carbocycles. The lowest BCUT2D eigenvalue weighted by Gasteiger charge is -2.47. The number of hydrogen-bond donors (Lipinski definition) is 0. The molecule has 0 aromatic rings. The summed E-state index contributed by atoms with van der Waals surface area (Å²) in [6, 6.07) is 0. The largest absolute Gasteiger partial charge is 0.372 e. The van der Waals surface area contributed by atoms with Gasteiger partial charge in [-0.1, -0.05) is 59.8 Å². The van der Waals surface area contributed by atoms with Gasteiger partial charge in [0.05, 0.1) is 12.2 Å². The molecule has 2 heterocycles. The predicted octanol–water partition coefficient (Wildman–Crippen LogP) is 5.11. The number of carbonyl (C=O) groups excluding carboxylic acids is 1. The zero-order valence-corrected chi connectivity index (χ0v) is 19.2. The Hall–Kier alpha value is -0.610. The minimum atomic E-state index is -0.00372. The van der Waals surface area contributed by atoms with Crippen LogP contribution in [0.5, 0.6) is 0 Å². The third-order valence-corrected chi connectivity index (χ3v) is 7.07. The Morgan fingerprint density at radius 3 is 2.39 bits per heavy atom. The highest BCUT2D eigenvalue weighted by molar-refractivity contribution is 5.78. The van der Waals surface area contributed by atoms with Crippen LogP contribution in [-0.4, -0.2) is 60.6 Å². The van der Waals surface area contributed by atoms with Crippen LogP contribution >= 0.6 is 0 Å². The number of carbonyl (C=O) groups is 1. The van der Waals surface area contributed by atoms with Crippen LogP contribution in [0.1, 0.15) is 91.9 Å². The van der Waals surface area contributed by atoms with Gasteiger partial charge in [0.2, 0.25) is 5.91 Å². The summed E-state index contributed by atoms with van der Waals surface area (Å²) in [6.07, 6.45) is 12.5. The second-order valence-corrected chi connectivity index (χ2v) is 9.54. The summed E-state index contributed by atoms with van der Waals surface area (Å²) in [5.41, 5.74) is -0.00372. The summed E-state index contributed by atoms with van der Waals surface area (Å²) in [6.45, 7) is 14.8. The van der Waals surface area contributed by atoms with E-state index in [1.165, 1.54) is 51.5 Å². The molecule has 2 aliphatic rings. The molecule has 0 aromatic heterocycles. The van der Waals surface area contributed by atoms with Crippen LogP contribution in [0.25, 0.3) is 0 Å². The summed E-state index contributed by atoms with van der Waals surface area (Å²) in [5, 5.41) is 0. The Morgan fingerprint density at radius 2 is 1.71 bits per heavy atom. The molecule has 28 heavy (non-hydrogen) atoms. The molecule has 2 rings (SSSR count). The molecule has 2 fully saturated rings. The lowest BCUT2D eigenvalue weighted by atomic mass is 9.88. The van der Waals surface area contributed by atoms with Crippen molar-refractivity contribution >= 4 is 5.91 Å². The summed E-state index contributed by atoms with van der Waals surface area (Å²) in [4.78, 5) is 17.2. The molecule has 0 aromatic carbocycles. The lowest BCUT2D eigenvalue weighted by Crippen LogP contribution is -2.58. The standard InChI is InChI=1S/C24H46N2O2/c1-5-7-8-9-11-21(3)12-10-15-25-18-19-28-24(20-25)13-16-26(17-14-24)23(27)22(4)6-2/h21-22H,5-20H2,1-4H3. The second-order valence-electron chi connectivity index (χ2n) is 9.54. The van der Waals surface area contributed by atoms with Gasteiger partial charge >= 0.3 is 0 Å². The third kappa shape index (κ3) is 7.33. The molecule has 0 N–H and O–H groups in total. The van der Waals surface area contributed by atoms with Gasteiger partial charge in [-0.2, -0.15) is 0 Å². The van der Waals surface area contributed by atoms with Gasteiger partial charge in [-0.25, -0.2) is 0 Å². The van der Waals surface area contributed by atoms with E-state index in [4.69, 9.17) is 4.74 Å². The fourth-order valence-electron chi connectivity index (χ4n) is 4.76. The molecular weight excluding hydrogens is 348 g/mol. The van der Waals surface area contributed by atoms with Crippen molar-refractivity contribution in [1.29, 1.82) is 0 Å². The van der Waals surface area contributed by atoms with Crippen LogP contribution in [-0.2, 0) is 9.53 Å². The van der Waals surface area contributed by atoms with E-state index in [1.807, 2.05) is 0 Å². The molecule has 0 bridgehead atoms. The number of likely N-dealkylation sites (tertiary alicyclic amines) is 1. The van der Waals surface area contributed by atoms with Gasteiger partial charge < -0.3 is 9.64 Å². The van der Waals surface area contributed by atoms with Crippen LogP contribution in [0, 0.1) is 11.8 Å². The Balaban J connectivity index is 1.67. The Bertz CT molecular complexity index is 446.